The highest BCUT2D eigenvalue weighted by Gasteiger charge is 2.30. The molecule has 4 nitrogen and oxygen atoms in total. The van der Waals surface area contributed by atoms with Crippen LogP contribution in [-0.4, -0.2) is 36.7 Å². The lowest BCUT2D eigenvalue weighted by Crippen LogP contribution is -2.43. The summed E-state index contributed by atoms with van der Waals surface area (Å²) in [5.74, 6) is 3.11. The van der Waals surface area contributed by atoms with Crippen molar-refractivity contribution in [3.05, 3.63) is 23.8 Å². The fourth-order valence-electron chi connectivity index (χ4n) is 4.28. The second kappa shape index (κ2) is 7.92. The number of rotatable bonds is 4. The van der Waals surface area contributed by atoms with Crippen molar-refractivity contribution in [1.29, 1.82) is 0 Å². The van der Waals surface area contributed by atoms with Crippen LogP contribution in [0.3, 0.4) is 0 Å². The zero-order chi connectivity index (χ0) is 16.9. The number of terminal acetylenes is 1. The summed E-state index contributed by atoms with van der Waals surface area (Å²) in [6, 6.07) is 6.74. The topological polar surface area (TPSA) is 64.5 Å². The van der Waals surface area contributed by atoms with Crippen molar-refractivity contribution in [2.45, 2.75) is 56.6 Å². The van der Waals surface area contributed by atoms with Gasteiger partial charge in [-0.3, -0.25) is 0 Å². The number of nitrogens with zero attached hydrogens (tertiary/aromatic N) is 1. The highest BCUT2D eigenvalue weighted by molar-refractivity contribution is 5.68. The first kappa shape index (κ1) is 17.1. The van der Waals surface area contributed by atoms with Gasteiger partial charge in [-0.25, -0.2) is 0 Å². The van der Waals surface area contributed by atoms with Gasteiger partial charge in [-0.2, -0.15) is 0 Å². The standard InChI is InChI=1S/C20H29N3O/c1-2-14-24-17-8-6-16(7-9-17)23-12-10-15(11-13-23)18-4-3-5-19(21)20(18)22/h1,3-5,15-17H,6-14,21-22H2. The third kappa shape index (κ3) is 3.85. The molecule has 3 rings (SSSR count). The van der Waals surface area contributed by atoms with Gasteiger partial charge in [0.05, 0.1) is 17.5 Å². The molecule has 1 heterocycles. The molecule has 1 aromatic carbocycles. The monoisotopic (exact) mass is 327 g/mol. The lowest BCUT2D eigenvalue weighted by molar-refractivity contribution is 0.0184. The molecule has 24 heavy (non-hydrogen) atoms. The molecule has 0 spiro atoms. The van der Waals surface area contributed by atoms with E-state index in [0.717, 1.165) is 31.6 Å². The Labute approximate surface area is 145 Å². The number of nitrogen functional groups attached to an aromatic ring is 2. The SMILES string of the molecule is C#CCOC1CCC(N2CCC(c3cccc(N)c3N)CC2)CC1. The lowest BCUT2D eigenvalue weighted by atomic mass is 9.85. The van der Waals surface area contributed by atoms with Gasteiger partial charge in [-0.05, 0) is 69.2 Å². The normalized spacial score (nSPS) is 26.1. The van der Waals surface area contributed by atoms with Crippen molar-refractivity contribution in [2.75, 3.05) is 31.2 Å². The second-order valence-corrected chi connectivity index (χ2v) is 7.11. The van der Waals surface area contributed by atoms with Gasteiger partial charge < -0.3 is 21.1 Å². The van der Waals surface area contributed by atoms with Crippen LogP contribution in [0.1, 0.15) is 50.0 Å². The van der Waals surface area contributed by atoms with Gasteiger partial charge in [0.15, 0.2) is 0 Å². The number of para-hydroxylation sites is 1. The Balaban J connectivity index is 1.49. The molecule has 0 unspecified atom stereocenters. The summed E-state index contributed by atoms with van der Waals surface area (Å²) in [5, 5.41) is 0. The van der Waals surface area contributed by atoms with E-state index in [4.69, 9.17) is 22.6 Å². The predicted molar refractivity (Wildman–Crippen MR) is 99.6 cm³/mol. The number of anilines is 2. The van der Waals surface area contributed by atoms with Crippen molar-refractivity contribution in [1.82, 2.24) is 4.90 Å². The van der Waals surface area contributed by atoms with Crippen LogP contribution >= 0.6 is 0 Å². The molecule has 0 radical (unpaired) electrons. The van der Waals surface area contributed by atoms with Crippen LogP contribution in [0, 0.1) is 12.3 Å². The third-order valence-electron chi connectivity index (χ3n) is 5.71. The third-order valence-corrected chi connectivity index (χ3v) is 5.71. The summed E-state index contributed by atoms with van der Waals surface area (Å²) < 4.78 is 5.69. The summed E-state index contributed by atoms with van der Waals surface area (Å²) in [7, 11) is 0. The Bertz CT molecular complexity index is 579. The van der Waals surface area contributed by atoms with Gasteiger partial charge in [0.25, 0.3) is 0 Å². The van der Waals surface area contributed by atoms with E-state index in [2.05, 4.69) is 16.9 Å². The second-order valence-electron chi connectivity index (χ2n) is 7.11. The summed E-state index contributed by atoms with van der Waals surface area (Å²) in [6.45, 7) is 2.75. The van der Waals surface area contributed by atoms with Crippen LogP contribution in [0.15, 0.2) is 18.2 Å². The highest BCUT2D eigenvalue weighted by atomic mass is 16.5. The van der Waals surface area contributed by atoms with Crippen LogP contribution in [0.4, 0.5) is 11.4 Å². The number of nitrogens with two attached hydrogens (primary N) is 2. The molecule has 2 fully saturated rings. The molecule has 1 aliphatic heterocycles. The molecular formula is C20H29N3O. The summed E-state index contributed by atoms with van der Waals surface area (Å²) in [4.78, 5) is 2.66. The molecule has 4 heteroatoms. The van der Waals surface area contributed by atoms with E-state index in [1.165, 1.54) is 31.2 Å². The van der Waals surface area contributed by atoms with Crippen molar-refractivity contribution in [3.8, 4) is 12.3 Å². The van der Waals surface area contributed by atoms with Crippen LogP contribution in [0.5, 0.6) is 0 Å². The van der Waals surface area contributed by atoms with Crippen molar-refractivity contribution >= 4 is 11.4 Å². The first-order chi connectivity index (χ1) is 11.7. The molecule has 1 aromatic rings. The fourth-order valence-corrected chi connectivity index (χ4v) is 4.28. The van der Waals surface area contributed by atoms with E-state index >= 15 is 0 Å². The molecule has 1 aliphatic carbocycles. The highest BCUT2D eigenvalue weighted by Crippen LogP contribution is 2.36. The minimum absolute atomic E-state index is 0.363. The zero-order valence-electron chi connectivity index (χ0n) is 14.4. The molecule has 0 amide bonds. The Hall–Kier alpha value is -1.70. The van der Waals surface area contributed by atoms with Crippen molar-refractivity contribution in [2.24, 2.45) is 0 Å². The Morgan fingerprint density at radius 1 is 1.08 bits per heavy atom. The Morgan fingerprint density at radius 3 is 2.46 bits per heavy atom. The number of hydrogen-bond donors (Lipinski definition) is 2. The molecular weight excluding hydrogens is 298 g/mol. The first-order valence-corrected chi connectivity index (χ1v) is 9.12. The van der Waals surface area contributed by atoms with Crippen LogP contribution in [-0.2, 0) is 4.74 Å². The number of ether oxygens (including phenoxy) is 1. The van der Waals surface area contributed by atoms with E-state index < -0.39 is 0 Å². The van der Waals surface area contributed by atoms with E-state index in [0.29, 0.717) is 30.4 Å². The average molecular weight is 327 g/mol. The van der Waals surface area contributed by atoms with Gasteiger partial charge >= 0.3 is 0 Å². The van der Waals surface area contributed by atoms with Gasteiger partial charge in [-0.1, -0.05) is 18.1 Å². The van der Waals surface area contributed by atoms with E-state index in [9.17, 15) is 0 Å². The van der Waals surface area contributed by atoms with Crippen molar-refractivity contribution in [3.63, 3.8) is 0 Å². The van der Waals surface area contributed by atoms with Crippen LogP contribution in [0.25, 0.3) is 0 Å². The number of likely N-dealkylation sites (tertiary alicyclic amines) is 1. The first-order valence-electron chi connectivity index (χ1n) is 9.12. The fraction of sp³-hybridized carbons (Fsp3) is 0.600. The maximum atomic E-state index is 6.18. The number of benzene rings is 1. The quantitative estimate of drug-likeness (QED) is 0.659. The van der Waals surface area contributed by atoms with Crippen LogP contribution in [0.2, 0.25) is 0 Å². The minimum atomic E-state index is 0.363. The van der Waals surface area contributed by atoms with Gasteiger partial charge in [0, 0.05) is 6.04 Å². The molecule has 0 aromatic heterocycles. The summed E-state index contributed by atoms with van der Waals surface area (Å²) in [6.07, 6.45) is 12.7. The molecule has 4 N–H and O–H groups in total. The van der Waals surface area contributed by atoms with E-state index in [1.807, 2.05) is 12.1 Å². The zero-order valence-corrected chi connectivity index (χ0v) is 14.4. The maximum absolute atomic E-state index is 6.18. The van der Waals surface area contributed by atoms with E-state index in [1.54, 1.807) is 0 Å². The van der Waals surface area contributed by atoms with Gasteiger partial charge in [0.1, 0.15) is 6.61 Å². The Morgan fingerprint density at radius 2 is 1.79 bits per heavy atom. The van der Waals surface area contributed by atoms with Gasteiger partial charge in [-0.15, -0.1) is 6.42 Å². The molecule has 0 bridgehead atoms. The Kier molecular flexibility index (Phi) is 5.65. The number of hydrogen-bond acceptors (Lipinski definition) is 4. The molecule has 2 aliphatic rings. The minimum Gasteiger partial charge on any atom is -0.397 e. The van der Waals surface area contributed by atoms with E-state index in [-0.39, 0.29) is 0 Å². The van der Waals surface area contributed by atoms with Crippen LogP contribution < -0.4 is 11.5 Å². The predicted octanol–water partition coefficient (Wildman–Crippen LogP) is 2.99. The maximum Gasteiger partial charge on any atom is 0.107 e. The summed E-state index contributed by atoms with van der Waals surface area (Å²) >= 11 is 0. The average Bonchev–Trinajstić information content (AvgIpc) is 2.63. The smallest absolute Gasteiger partial charge is 0.107 e. The lowest BCUT2D eigenvalue weighted by Gasteiger charge is -2.41. The largest absolute Gasteiger partial charge is 0.397 e. The molecule has 130 valence electrons. The van der Waals surface area contributed by atoms with Crippen molar-refractivity contribution < 1.29 is 4.74 Å². The molecule has 1 saturated carbocycles. The molecule has 0 atom stereocenters. The molecule has 1 saturated heterocycles. The number of piperidine rings is 1. The van der Waals surface area contributed by atoms with Gasteiger partial charge in [0.2, 0.25) is 0 Å². The summed E-state index contributed by atoms with van der Waals surface area (Å²) in [5.41, 5.74) is 14.9.